The van der Waals surface area contributed by atoms with Gasteiger partial charge >= 0.3 is 0 Å². The minimum atomic E-state index is -0.364. The zero-order valence-corrected chi connectivity index (χ0v) is 17.1. The van der Waals surface area contributed by atoms with E-state index in [1.165, 1.54) is 5.56 Å². The smallest absolute Gasteiger partial charge is 0.269 e. The molecule has 4 rings (SSSR count). The van der Waals surface area contributed by atoms with Crippen LogP contribution in [0.5, 0.6) is 0 Å². The molecule has 8 heteroatoms. The Morgan fingerprint density at radius 2 is 1.76 bits per heavy atom. The maximum atomic E-state index is 10.8. The lowest BCUT2D eigenvalue weighted by Crippen LogP contribution is -2.46. The Morgan fingerprint density at radius 3 is 2.41 bits per heavy atom. The summed E-state index contributed by atoms with van der Waals surface area (Å²) in [5.74, 6) is 0. The number of nitrogens with zero attached hydrogens (tertiary/aromatic N) is 4. The predicted molar refractivity (Wildman–Crippen MR) is 117 cm³/mol. The van der Waals surface area contributed by atoms with Crippen LogP contribution in [0.4, 0.5) is 22.2 Å². The molecule has 0 unspecified atom stereocenters. The van der Waals surface area contributed by atoms with Crippen molar-refractivity contribution >= 4 is 33.5 Å². The number of hydrogen-bond acceptors (Lipinski definition) is 7. The molecule has 1 aliphatic heterocycles. The fraction of sp³-hybridized carbons (Fsp3) is 0.286. The Balaban J connectivity index is 1.29. The van der Waals surface area contributed by atoms with E-state index < -0.39 is 0 Å². The summed E-state index contributed by atoms with van der Waals surface area (Å²) in [6, 6.07) is 15.1. The second-order valence-corrected chi connectivity index (χ2v) is 8.03. The van der Waals surface area contributed by atoms with Crippen molar-refractivity contribution < 1.29 is 4.92 Å². The van der Waals surface area contributed by atoms with E-state index in [-0.39, 0.29) is 10.6 Å². The van der Waals surface area contributed by atoms with Crippen LogP contribution in [0, 0.1) is 17.0 Å². The molecular formula is C21H23N5O2S. The highest BCUT2D eigenvalue weighted by Crippen LogP contribution is 2.24. The minimum absolute atomic E-state index is 0.131. The number of piperazine rings is 1. The molecule has 0 radical (unpaired) electrons. The molecule has 2 heterocycles. The summed E-state index contributed by atoms with van der Waals surface area (Å²) in [5.41, 5.74) is 4.53. The van der Waals surface area contributed by atoms with Crippen molar-refractivity contribution in [2.24, 2.45) is 0 Å². The number of benzene rings is 2. The third-order valence-electron chi connectivity index (χ3n) is 5.04. The lowest BCUT2D eigenvalue weighted by atomic mass is 10.2. The Kier molecular flexibility index (Phi) is 5.73. The van der Waals surface area contributed by atoms with Gasteiger partial charge in [-0.25, -0.2) is 4.98 Å². The zero-order valence-electron chi connectivity index (χ0n) is 16.2. The predicted octanol–water partition coefficient (Wildman–Crippen LogP) is 4.43. The Bertz CT molecular complexity index is 963. The standard InChI is InChI=1S/C21H23N5O2S/c1-16-2-4-17(5-3-16)22-21-23-18(15-29-21)14-24-10-12-25(13-11-24)19-6-8-20(9-7-19)26(27)28/h2-9,15H,10-14H2,1H3,(H,22,23). The first-order chi connectivity index (χ1) is 14.1. The zero-order chi connectivity index (χ0) is 20.2. The lowest BCUT2D eigenvalue weighted by Gasteiger charge is -2.35. The molecule has 1 saturated heterocycles. The second kappa shape index (κ2) is 8.59. The van der Waals surface area contributed by atoms with Crippen molar-refractivity contribution in [2.45, 2.75) is 13.5 Å². The number of nitro groups is 1. The average molecular weight is 410 g/mol. The van der Waals surface area contributed by atoms with E-state index in [1.54, 1.807) is 23.5 Å². The number of nitrogens with one attached hydrogen (secondary N) is 1. The normalized spacial score (nSPS) is 14.7. The molecule has 0 aliphatic carbocycles. The maximum absolute atomic E-state index is 10.8. The number of hydrogen-bond donors (Lipinski definition) is 1. The number of aryl methyl sites for hydroxylation is 1. The van der Waals surface area contributed by atoms with Gasteiger partial charge in [-0.05, 0) is 31.2 Å². The van der Waals surface area contributed by atoms with Crippen LogP contribution in [0.1, 0.15) is 11.3 Å². The number of anilines is 3. The fourth-order valence-electron chi connectivity index (χ4n) is 3.38. The van der Waals surface area contributed by atoms with Crippen molar-refractivity contribution in [2.75, 3.05) is 36.4 Å². The van der Waals surface area contributed by atoms with Crippen LogP contribution in [0.3, 0.4) is 0 Å². The number of non-ortho nitro benzene ring substituents is 1. The highest BCUT2D eigenvalue weighted by molar-refractivity contribution is 7.13. The molecule has 1 N–H and O–H groups in total. The van der Waals surface area contributed by atoms with Crippen LogP contribution in [-0.2, 0) is 6.54 Å². The molecule has 1 aliphatic rings. The van der Waals surface area contributed by atoms with E-state index in [4.69, 9.17) is 4.98 Å². The first-order valence-corrected chi connectivity index (χ1v) is 10.4. The van der Waals surface area contributed by atoms with Gasteiger partial charge in [0, 0.05) is 61.6 Å². The van der Waals surface area contributed by atoms with Gasteiger partial charge in [-0.15, -0.1) is 11.3 Å². The summed E-state index contributed by atoms with van der Waals surface area (Å²) in [6.07, 6.45) is 0. The molecule has 0 atom stereocenters. The molecule has 150 valence electrons. The number of aromatic nitrogens is 1. The molecule has 3 aromatic rings. The van der Waals surface area contributed by atoms with Crippen molar-refractivity contribution in [3.8, 4) is 0 Å². The molecule has 0 saturated carbocycles. The van der Waals surface area contributed by atoms with Crippen LogP contribution >= 0.6 is 11.3 Å². The number of rotatable bonds is 6. The molecule has 7 nitrogen and oxygen atoms in total. The van der Waals surface area contributed by atoms with Crippen molar-refractivity contribution in [1.82, 2.24) is 9.88 Å². The first kappa shape index (κ1) is 19.4. The molecule has 0 spiro atoms. The average Bonchev–Trinajstić information content (AvgIpc) is 3.17. The van der Waals surface area contributed by atoms with Crippen molar-refractivity contribution in [3.05, 3.63) is 75.3 Å². The molecule has 1 fully saturated rings. The van der Waals surface area contributed by atoms with Gasteiger partial charge in [-0.1, -0.05) is 17.7 Å². The highest BCUT2D eigenvalue weighted by Gasteiger charge is 2.19. The van der Waals surface area contributed by atoms with E-state index in [9.17, 15) is 10.1 Å². The highest BCUT2D eigenvalue weighted by atomic mass is 32.1. The topological polar surface area (TPSA) is 74.5 Å². The molecule has 2 aromatic carbocycles. The van der Waals surface area contributed by atoms with E-state index in [2.05, 4.69) is 51.7 Å². The summed E-state index contributed by atoms with van der Waals surface area (Å²) >= 11 is 1.62. The lowest BCUT2D eigenvalue weighted by molar-refractivity contribution is -0.384. The Labute approximate surface area is 173 Å². The molecule has 0 amide bonds. The second-order valence-electron chi connectivity index (χ2n) is 7.17. The van der Waals surface area contributed by atoms with Gasteiger partial charge in [0.1, 0.15) is 0 Å². The van der Waals surface area contributed by atoms with Crippen LogP contribution in [-0.4, -0.2) is 41.0 Å². The van der Waals surface area contributed by atoms with Crippen LogP contribution in [0.15, 0.2) is 53.9 Å². The molecular weight excluding hydrogens is 386 g/mol. The quantitative estimate of drug-likeness (QED) is 0.480. The van der Waals surface area contributed by atoms with Crippen molar-refractivity contribution in [1.29, 1.82) is 0 Å². The van der Waals surface area contributed by atoms with E-state index in [0.29, 0.717) is 0 Å². The van der Waals surface area contributed by atoms with Crippen molar-refractivity contribution in [3.63, 3.8) is 0 Å². The molecule has 1 aromatic heterocycles. The van der Waals surface area contributed by atoms with Crippen LogP contribution < -0.4 is 10.2 Å². The first-order valence-electron chi connectivity index (χ1n) is 9.57. The number of thiazole rings is 1. The summed E-state index contributed by atoms with van der Waals surface area (Å²) in [7, 11) is 0. The van der Waals surface area contributed by atoms with E-state index in [1.807, 2.05) is 12.1 Å². The van der Waals surface area contributed by atoms with Crippen LogP contribution in [0.2, 0.25) is 0 Å². The number of nitro benzene ring substituents is 1. The van der Waals surface area contributed by atoms with Gasteiger partial charge < -0.3 is 10.2 Å². The SMILES string of the molecule is Cc1ccc(Nc2nc(CN3CCN(c4ccc([N+](=O)[O-])cc4)CC3)cs2)cc1. The third kappa shape index (κ3) is 4.90. The van der Waals surface area contributed by atoms with Gasteiger partial charge in [0.05, 0.1) is 10.6 Å². The van der Waals surface area contributed by atoms with Gasteiger partial charge in [-0.3, -0.25) is 15.0 Å². The Hall–Kier alpha value is -2.97. The van der Waals surface area contributed by atoms with Gasteiger partial charge in [-0.2, -0.15) is 0 Å². The van der Waals surface area contributed by atoms with E-state index >= 15 is 0 Å². The summed E-state index contributed by atoms with van der Waals surface area (Å²) in [5, 5.41) is 17.2. The summed E-state index contributed by atoms with van der Waals surface area (Å²) in [6.45, 7) is 6.59. The van der Waals surface area contributed by atoms with Gasteiger partial charge in [0.2, 0.25) is 0 Å². The van der Waals surface area contributed by atoms with E-state index in [0.717, 1.165) is 54.9 Å². The monoisotopic (exact) mass is 409 g/mol. The van der Waals surface area contributed by atoms with Crippen LogP contribution in [0.25, 0.3) is 0 Å². The summed E-state index contributed by atoms with van der Waals surface area (Å²) in [4.78, 5) is 19.8. The molecule has 29 heavy (non-hydrogen) atoms. The fourth-order valence-corrected chi connectivity index (χ4v) is 4.10. The van der Waals surface area contributed by atoms with Gasteiger partial charge in [0.15, 0.2) is 5.13 Å². The van der Waals surface area contributed by atoms with Gasteiger partial charge in [0.25, 0.3) is 5.69 Å². The molecule has 0 bridgehead atoms. The summed E-state index contributed by atoms with van der Waals surface area (Å²) < 4.78 is 0. The third-order valence-corrected chi connectivity index (χ3v) is 5.84. The minimum Gasteiger partial charge on any atom is -0.369 e. The largest absolute Gasteiger partial charge is 0.369 e. The Morgan fingerprint density at radius 1 is 1.07 bits per heavy atom. The maximum Gasteiger partial charge on any atom is 0.269 e.